The van der Waals surface area contributed by atoms with Crippen LogP contribution in [0.3, 0.4) is 0 Å². The molecule has 3 heteroatoms. The maximum Gasteiger partial charge on any atom is 0.239 e. The van der Waals surface area contributed by atoms with Gasteiger partial charge in [-0.3, -0.25) is 4.79 Å². The summed E-state index contributed by atoms with van der Waals surface area (Å²) in [5.74, 6) is 0.869. The average molecular weight is 198 g/mol. The van der Waals surface area contributed by atoms with Gasteiger partial charge >= 0.3 is 0 Å². The Morgan fingerprint density at radius 2 is 2.36 bits per heavy atom. The molecule has 1 aliphatic rings. The Hall–Kier alpha value is -0.570. The zero-order valence-corrected chi connectivity index (χ0v) is 9.55. The van der Waals surface area contributed by atoms with Gasteiger partial charge in [-0.15, -0.1) is 0 Å². The Bertz CT molecular complexity index is 188. The van der Waals surface area contributed by atoms with Gasteiger partial charge in [-0.25, -0.2) is 0 Å². The van der Waals surface area contributed by atoms with Gasteiger partial charge in [-0.2, -0.15) is 0 Å². The highest BCUT2D eigenvalue weighted by Crippen LogP contribution is 2.10. The highest BCUT2D eigenvalue weighted by Gasteiger charge is 2.25. The minimum Gasteiger partial charge on any atom is -0.344 e. The maximum absolute atomic E-state index is 11.9. The topological polar surface area (TPSA) is 32.3 Å². The lowest BCUT2D eigenvalue weighted by Crippen LogP contribution is -2.43. The van der Waals surface area contributed by atoms with E-state index in [9.17, 15) is 4.79 Å². The van der Waals surface area contributed by atoms with Gasteiger partial charge in [0.05, 0.1) is 6.04 Å². The summed E-state index contributed by atoms with van der Waals surface area (Å²) in [5, 5.41) is 3.24. The second-order valence-electron chi connectivity index (χ2n) is 4.38. The van der Waals surface area contributed by atoms with Gasteiger partial charge in [0, 0.05) is 13.6 Å². The Labute approximate surface area is 86.9 Å². The largest absolute Gasteiger partial charge is 0.344 e. The first-order chi connectivity index (χ1) is 6.65. The van der Waals surface area contributed by atoms with E-state index in [0.717, 1.165) is 32.4 Å². The lowest BCUT2D eigenvalue weighted by molar-refractivity contribution is -0.132. The van der Waals surface area contributed by atoms with E-state index in [0.29, 0.717) is 5.92 Å². The van der Waals surface area contributed by atoms with Gasteiger partial charge in [-0.05, 0) is 25.3 Å². The number of hydrogen-bond acceptors (Lipinski definition) is 2. The van der Waals surface area contributed by atoms with Gasteiger partial charge in [0.25, 0.3) is 0 Å². The van der Waals surface area contributed by atoms with Crippen molar-refractivity contribution in [2.24, 2.45) is 5.92 Å². The molecule has 0 aromatic heterocycles. The minimum atomic E-state index is 0.0871. The lowest BCUT2D eigenvalue weighted by atomic mass is 10.1. The molecular weight excluding hydrogens is 176 g/mol. The van der Waals surface area contributed by atoms with Crippen molar-refractivity contribution in [3.05, 3.63) is 0 Å². The van der Waals surface area contributed by atoms with Crippen molar-refractivity contribution < 1.29 is 4.79 Å². The number of nitrogens with one attached hydrogen (secondary N) is 1. The fourth-order valence-corrected chi connectivity index (χ4v) is 1.85. The van der Waals surface area contributed by atoms with Crippen LogP contribution in [0.4, 0.5) is 0 Å². The molecule has 14 heavy (non-hydrogen) atoms. The minimum absolute atomic E-state index is 0.0871. The van der Waals surface area contributed by atoms with Crippen molar-refractivity contribution >= 4 is 5.91 Å². The first-order valence-electron chi connectivity index (χ1n) is 5.63. The van der Waals surface area contributed by atoms with Gasteiger partial charge < -0.3 is 10.2 Å². The Morgan fingerprint density at radius 3 is 2.86 bits per heavy atom. The molecule has 1 aliphatic heterocycles. The number of amides is 1. The average Bonchev–Trinajstić information content (AvgIpc) is 2.69. The van der Waals surface area contributed by atoms with E-state index in [4.69, 9.17) is 0 Å². The second-order valence-corrected chi connectivity index (χ2v) is 4.38. The summed E-state index contributed by atoms with van der Waals surface area (Å²) in [7, 11) is 1.91. The van der Waals surface area contributed by atoms with Crippen LogP contribution in [0.2, 0.25) is 0 Å². The number of carbonyl (C=O) groups excluding carboxylic acids is 1. The Kier molecular flexibility index (Phi) is 4.39. The van der Waals surface area contributed by atoms with Gasteiger partial charge in [-0.1, -0.05) is 20.3 Å². The standard InChI is InChI=1S/C11H22N2O/c1-4-9(2)8-13(3)11(14)10-6-5-7-12-10/h9-10,12H,4-8H2,1-3H3. The van der Waals surface area contributed by atoms with E-state index >= 15 is 0 Å². The van der Waals surface area contributed by atoms with Crippen LogP contribution in [-0.2, 0) is 4.79 Å². The van der Waals surface area contributed by atoms with E-state index in [2.05, 4.69) is 19.2 Å². The van der Waals surface area contributed by atoms with Crippen LogP contribution >= 0.6 is 0 Å². The molecule has 0 spiro atoms. The van der Waals surface area contributed by atoms with Gasteiger partial charge in [0.2, 0.25) is 5.91 Å². The molecule has 82 valence electrons. The van der Waals surface area contributed by atoms with Crippen molar-refractivity contribution in [1.29, 1.82) is 0 Å². The molecule has 1 heterocycles. The maximum atomic E-state index is 11.9. The number of hydrogen-bond donors (Lipinski definition) is 1. The highest BCUT2D eigenvalue weighted by atomic mass is 16.2. The molecule has 1 amide bonds. The molecule has 0 radical (unpaired) electrons. The van der Waals surface area contributed by atoms with E-state index < -0.39 is 0 Å². The SMILES string of the molecule is CCC(C)CN(C)C(=O)C1CCCN1. The van der Waals surface area contributed by atoms with Crippen LogP contribution in [0.15, 0.2) is 0 Å². The monoisotopic (exact) mass is 198 g/mol. The number of carbonyl (C=O) groups is 1. The highest BCUT2D eigenvalue weighted by molar-refractivity contribution is 5.81. The third kappa shape index (κ3) is 2.98. The van der Waals surface area contributed by atoms with E-state index in [1.165, 1.54) is 0 Å². The molecule has 2 atom stereocenters. The van der Waals surface area contributed by atoms with Gasteiger partial charge in [0.15, 0.2) is 0 Å². The lowest BCUT2D eigenvalue weighted by Gasteiger charge is -2.23. The molecule has 2 unspecified atom stereocenters. The molecule has 0 aromatic rings. The van der Waals surface area contributed by atoms with Crippen molar-refractivity contribution in [3.8, 4) is 0 Å². The second kappa shape index (κ2) is 5.35. The third-order valence-corrected chi connectivity index (χ3v) is 3.02. The molecular formula is C11H22N2O. The first-order valence-corrected chi connectivity index (χ1v) is 5.63. The zero-order valence-electron chi connectivity index (χ0n) is 9.55. The summed E-state index contributed by atoms with van der Waals surface area (Å²) in [5.41, 5.74) is 0. The van der Waals surface area contributed by atoms with Crippen LogP contribution in [-0.4, -0.2) is 37.0 Å². The number of nitrogens with zero attached hydrogens (tertiary/aromatic N) is 1. The van der Waals surface area contributed by atoms with Crippen molar-refractivity contribution in [3.63, 3.8) is 0 Å². The smallest absolute Gasteiger partial charge is 0.239 e. The van der Waals surface area contributed by atoms with Crippen molar-refractivity contribution in [2.45, 2.75) is 39.2 Å². The van der Waals surface area contributed by atoms with Crippen LogP contribution in [0.25, 0.3) is 0 Å². The summed E-state index contributed by atoms with van der Waals surface area (Å²) in [4.78, 5) is 13.7. The predicted octanol–water partition coefficient (Wildman–Crippen LogP) is 1.24. The van der Waals surface area contributed by atoms with Crippen LogP contribution < -0.4 is 5.32 Å². The predicted molar refractivity (Wildman–Crippen MR) is 58.1 cm³/mol. The normalized spacial score (nSPS) is 23.5. The van der Waals surface area contributed by atoms with Crippen LogP contribution in [0, 0.1) is 5.92 Å². The fourth-order valence-electron chi connectivity index (χ4n) is 1.85. The first kappa shape index (κ1) is 11.5. The summed E-state index contributed by atoms with van der Waals surface area (Å²) in [6, 6.07) is 0.0871. The van der Waals surface area contributed by atoms with Crippen molar-refractivity contribution in [2.75, 3.05) is 20.1 Å². The Morgan fingerprint density at radius 1 is 1.64 bits per heavy atom. The zero-order chi connectivity index (χ0) is 10.6. The summed E-state index contributed by atoms with van der Waals surface area (Å²) in [6.45, 7) is 6.23. The summed E-state index contributed by atoms with van der Waals surface area (Å²) >= 11 is 0. The quantitative estimate of drug-likeness (QED) is 0.737. The molecule has 3 nitrogen and oxygen atoms in total. The molecule has 1 saturated heterocycles. The number of likely N-dealkylation sites (N-methyl/N-ethyl adjacent to an activating group) is 1. The van der Waals surface area contributed by atoms with E-state index in [-0.39, 0.29) is 11.9 Å². The fraction of sp³-hybridized carbons (Fsp3) is 0.909. The van der Waals surface area contributed by atoms with Crippen molar-refractivity contribution in [1.82, 2.24) is 10.2 Å². The third-order valence-electron chi connectivity index (χ3n) is 3.02. The van der Waals surface area contributed by atoms with Crippen LogP contribution in [0.1, 0.15) is 33.1 Å². The van der Waals surface area contributed by atoms with E-state index in [1.54, 1.807) is 0 Å². The molecule has 0 bridgehead atoms. The summed E-state index contributed by atoms with van der Waals surface area (Å²) < 4.78 is 0. The summed E-state index contributed by atoms with van der Waals surface area (Å²) in [6.07, 6.45) is 3.27. The van der Waals surface area contributed by atoms with Crippen LogP contribution in [0.5, 0.6) is 0 Å². The number of rotatable bonds is 4. The molecule has 1 N–H and O–H groups in total. The molecule has 0 aliphatic carbocycles. The molecule has 0 saturated carbocycles. The van der Waals surface area contributed by atoms with E-state index in [1.807, 2.05) is 11.9 Å². The molecule has 1 fully saturated rings. The molecule has 0 aromatic carbocycles. The van der Waals surface area contributed by atoms with Gasteiger partial charge in [0.1, 0.15) is 0 Å². The Balaban J connectivity index is 2.35. The molecule has 1 rings (SSSR count).